The molecule has 0 aliphatic heterocycles. The third kappa shape index (κ3) is 5.97. The van der Waals surface area contributed by atoms with Gasteiger partial charge in [-0.2, -0.15) is 0 Å². The molecule has 36 heavy (non-hydrogen) atoms. The van der Waals surface area contributed by atoms with Crippen molar-refractivity contribution in [3.05, 3.63) is 83.9 Å². The molecule has 0 radical (unpaired) electrons. The molecule has 3 aromatic carbocycles. The highest BCUT2D eigenvalue weighted by Gasteiger charge is 2.18. The van der Waals surface area contributed by atoms with Crippen LogP contribution in [-0.4, -0.2) is 65.5 Å². The summed E-state index contributed by atoms with van der Waals surface area (Å²) in [4.78, 5) is 25.3. The first-order chi connectivity index (χ1) is 16.8. The highest BCUT2D eigenvalue weighted by molar-refractivity contribution is 7.89. The van der Waals surface area contributed by atoms with E-state index in [0.29, 0.717) is 22.5 Å². The minimum Gasteiger partial charge on any atom is -0.322 e. The van der Waals surface area contributed by atoms with E-state index in [2.05, 4.69) is 10.6 Å². The van der Waals surface area contributed by atoms with Crippen LogP contribution in [0.5, 0.6) is 0 Å². The number of benzene rings is 3. The standard InChI is InChI=1S/C24H26N4O6S2/c1-27(2)35(31,32)21-13-9-19(10-14-21)25-23(29)17-5-7-18(8-6-17)24(30)26-20-11-15-22(16-12-20)36(33,34)28(3)4/h5-16H,1-4H3,(H,25,29)(H,26,30). The predicted molar refractivity (Wildman–Crippen MR) is 137 cm³/mol. The Morgan fingerprint density at radius 3 is 1.06 bits per heavy atom. The second-order valence-corrected chi connectivity index (χ2v) is 12.4. The average Bonchev–Trinajstić information content (AvgIpc) is 2.84. The minimum atomic E-state index is -3.57. The Hall–Kier alpha value is -3.58. The molecule has 0 atom stereocenters. The third-order valence-electron chi connectivity index (χ3n) is 5.19. The van der Waals surface area contributed by atoms with E-state index < -0.39 is 31.9 Å². The first kappa shape index (κ1) is 27.0. The molecule has 0 heterocycles. The molecule has 0 saturated carbocycles. The number of nitrogens with zero attached hydrogens (tertiary/aromatic N) is 2. The lowest BCUT2D eigenvalue weighted by Gasteiger charge is -2.12. The molecular formula is C24H26N4O6S2. The van der Waals surface area contributed by atoms with E-state index in [1.165, 1.54) is 101 Å². The Morgan fingerprint density at radius 1 is 0.528 bits per heavy atom. The van der Waals surface area contributed by atoms with E-state index in [1.54, 1.807) is 0 Å². The van der Waals surface area contributed by atoms with Gasteiger partial charge in [-0.3, -0.25) is 9.59 Å². The van der Waals surface area contributed by atoms with Crippen molar-refractivity contribution in [1.82, 2.24) is 8.61 Å². The fourth-order valence-electron chi connectivity index (χ4n) is 3.02. The second kappa shape index (κ2) is 10.6. The quantitative estimate of drug-likeness (QED) is 0.460. The first-order valence-corrected chi connectivity index (χ1v) is 13.5. The van der Waals surface area contributed by atoms with E-state index >= 15 is 0 Å². The summed E-state index contributed by atoms with van der Waals surface area (Å²) in [5.74, 6) is -0.856. The molecule has 0 saturated heterocycles. The van der Waals surface area contributed by atoms with Gasteiger partial charge in [-0.1, -0.05) is 0 Å². The zero-order chi connectivity index (χ0) is 26.7. The number of amides is 2. The van der Waals surface area contributed by atoms with E-state index in [-0.39, 0.29) is 9.79 Å². The number of rotatable bonds is 8. The van der Waals surface area contributed by atoms with Crippen LogP contribution >= 0.6 is 0 Å². The van der Waals surface area contributed by atoms with Gasteiger partial charge in [0, 0.05) is 50.7 Å². The maximum Gasteiger partial charge on any atom is 0.255 e. The van der Waals surface area contributed by atoms with Crippen molar-refractivity contribution in [2.24, 2.45) is 0 Å². The summed E-state index contributed by atoms with van der Waals surface area (Å²) in [5.41, 5.74) is 1.43. The van der Waals surface area contributed by atoms with Gasteiger partial charge in [0.15, 0.2) is 0 Å². The Labute approximate surface area is 210 Å². The normalized spacial score (nSPS) is 11.9. The molecule has 0 bridgehead atoms. The third-order valence-corrected chi connectivity index (χ3v) is 8.85. The van der Waals surface area contributed by atoms with Crippen molar-refractivity contribution in [2.75, 3.05) is 38.8 Å². The van der Waals surface area contributed by atoms with E-state index in [4.69, 9.17) is 0 Å². The molecule has 3 rings (SSSR count). The van der Waals surface area contributed by atoms with Gasteiger partial charge in [0.1, 0.15) is 0 Å². The molecule has 0 spiro atoms. The van der Waals surface area contributed by atoms with Crippen LogP contribution in [0.1, 0.15) is 20.7 Å². The molecule has 12 heteroatoms. The molecular weight excluding hydrogens is 504 g/mol. The minimum absolute atomic E-state index is 0.106. The van der Waals surface area contributed by atoms with Crippen molar-refractivity contribution in [3.63, 3.8) is 0 Å². The molecule has 0 aliphatic rings. The highest BCUT2D eigenvalue weighted by Crippen LogP contribution is 2.19. The number of carbonyl (C=O) groups is 2. The monoisotopic (exact) mass is 530 g/mol. The zero-order valence-electron chi connectivity index (χ0n) is 20.1. The number of hydrogen-bond acceptors (Lipinski definition) is 6. The number of sulfonamides is 2. The van der Waals surface area contributed by atoms with E-state index in [1.807, 2.05) is 0 Å². The second-order valence-electron chi connectivity index (χ2n) is 8.11. The molecule has 190 valence electrons. The number of anilines is 2. The topological polar surface area (TPSA) is 133 Å². The van der Waals surface area contributed by atoms with Crippen molar-refractivity contribution in [2.45, 2.75) is 9.79 Å². The molecule has 0 unspecified atom stereocenters. The summed E-state index contributed by atoms with van der Waals surface area (Å²) in [5, 5.41) is 5.36. The van der Waals surface area contributed by atoms with Crippen LogP contribution in [0.3, 0.4) is 0 Å². The zero-order valence-corrected chi connectivity index (χ0v) is 21.7. The van der Waals surface area contributed by atoms with Crippen LogP contribution in [0.2, 0.25) is 0 Å². The summed E-state index contributed by atoms with van der Waals surface area (Å²) in [6.45, 7) is 0. The maximum absolute atomic E-state index is 12.5. The smallest absolute Gasteiger partial charge is 0.255 e. The molecule has 10 nitrogen and oxygen atoms in total. The lowest BCUT2D eigenvalue weighted by atomic mass is 10.1. The lowest BCUT2D eigenvalue weighted by Crippen LogP contribution is -2.22. The molecule has 3 aromatic rings. The maximum atomic E-state index is 12.5. The average molecular weight is 531 g/mol. The van der Waals surface area contributed by atoms with Crippen LogP contribution in [0, 0.1) is 0 Å². The summed E-state index contributed by atoms with van der Waals surface area (Å²) in [6, 6.07) is 17.5. The van der Waals surface area contributed by atoms with E-state index in [0.717, 1.165) is 8.61 Å². The number of carbonyl (C=O) groups excluding carboxylic acids is 2. The summed E-state index contributed by atoms with van der Waals surface area (Å²) < 4.78 is 50.8. The Morgan fingerprint density at radius 2 is 0.806 bits per heavy atom. The van der Waals surface area contributed by atoms with Crippen molar-refractivity contribution in [1.29, 1.82) is 0 Å². The van der Waals surface area contributed by atoms with Gasteiger partial charge in [0.2, 0.25) is 20.0 Å². The van der Waals surface area contributed by atoms with Crippen LogP contribution in [-0.2, 0) is 20.0 Å². The van der Waals surface area contributed by atoms with Crippen molar-refractivity contribution >= 4 is 43.2 Å². The lowest BCUT2D eigenvalue weighted by molar-refractivity contribution is 0.101. The van der Waals surface area contributed by atoms with Crippen LogP contribution in [0.15, 0.2) is 82.6 Å². The molecule has 0 aromatic heterocycles. The van der Waals surface area contributed by atoms with E-state index in [9.17, 15) is 26.4 Å². The fraction of sp³-hybridized carbons (Fsp3) is 0.167. The van der Waals surface area contributed by atoms with Crippen molar-refractivity contribution < 1.29 is 26.4 Å². The Bertz CT molecular complexity index is 1350. The SMILES string of the molecule is CN(C)S(=O)(=O)c1ccc(NC(=O)c2ccc(C(=O)Nc3ccc(S(=O)(=O)N(C)C)cc3)cc2)cc1. The number of nitrogens with one attached hydrogen (secondary N) is 2. The van der Waals surface area contributed by atoms with Gasteiger partial charge in [-0.25, -0.2) is 25.4 Å². The van der Waals surface area contributed by atoms with Gasteiger partial charge in [0.25, 0.3) is 11.8 Å². The first-order valence-electron chi connectivity index (χ1n) is 10.6. The van der Waals surface area contributed by atoms with Crippen LogP contribution in [0.25, 0.3) is 0 Å². The molecule has 2 amide bonds. The van der Waals surface area contributed by atoms with Crippen molar-refractivity contribution in [3.8, 4) is 0 Å². The highest BCUT2D eigenvalue weighted by atomic mass is 32.2. The Kier molecular flexibility index (Phi) is 7.94. The Balaban J connectivity index is 1.64. The van der Waals surface area contributed by atoms with Gasteiger partial charge in [0.05, 0.1) is 9.79 Å². The van der Waals surface area contributed by atoms with Gasteiger partial charge in [-0.05, 0) is 72.8 Å². The van der Waals surface area contributed by atoms with Crippen LogP contribution < -0.4 is 10.6 Å². The summed E-state index contributed by atoms with van der Waals surface area (Å²) >= 11 is 0. The summed E-state index contributed by atoms with van der Waals surface area (Å²) in [7, 11) is -1.40. The van der Waals surface area contributed by atoms with Gasteiger partial charge in [-0.15, -0.1) is 0 Å². The predicted octanol–water partition coefficient (Wildman–Crippen LogP) is 2.69. The molecule has 0 aliphatic carbocycles. The van der Waals surface area contributed by atoms with Gasteiger partial charge < -0.3 is 10.6 Å². The van der Waals surface area contributed by atoms with Gasteiger partial charge >= 0.3 is 0 Å². The van der Waals surface area contributed by atoms with Crippen LogP contribution in [0.4, 0.5) is 11.4 Å². The molecule has 0 fully saturated rings. The molecule has 2 N–H and O–H groups in total. The largest absolute Gasteiger partial charge is 0.322 e. The fourth-order valence-corrected chi connectivity index (χ4v) is 4.82. The summed E-state index contributed by atoms with van der Waals surface area (Å²) in [6.07, 6.45) is 0. The number of hydrogen-bond donors (Lipinski definition) is 2.